The predicted molar refractivity (Wildman–Crippen MR) is 56.6 cm³/mol. The van der Waals surface area contributed by atoms with Gasteiger partial charge in [0.15, 0.2) is 0 Å². The molecule has 0 heterocycles. The van der Waals surface area contributed by atoms with Gasteiger partial charge < -0.3 is 11.1 Å². The van der Waals surface area contributed by atoms with Crippen molar-refractivity contribution in [2.75, 3.05) is 17.6 Å². The van der Waals surface area contributed by atoms with Gasteiger partial charge in [-0.3, -0.25) is 0 Å². The van der Waals surface area contributed by atoms with Crippen LogP contribution in [0.4, 0.5) is 15.8 Å². The summed E-state index contributed by atoms with van der Waals surface area (Å²) in [6, 6.07) is 4.48. The van der Waals surface area contributed by atoms with Gasteiger partial charge >= 0.3 is 0 Å². The molecule has 1 aliphatic rings. The SMILES string of the molecule is Nc1cc(F)ccc1NCC1CCC1. The number of benzene rings is 1. The molecule has 0 radical (unpaired) electrons. The summed E-state index contributed by atoms with van der Waals surface area (Å²) >= 11 is 0. The van der Waals surface area contributed by atoms with E-state index in [0.717, 1.165) is 18.2 Å². The van der Waals surface area contributed by atoms with E-state index >= 15 is 0 Å². The Hall–Kier alpha value is -1.25. The van der Waals surface area contributed by atoms with Gasteiger partial charge in [-0.1, -0.05) is 6.42 Å². The van der Waals surface area contributed by atoms with Crippen molar-refractivity contribution < 1.29 is 4.39 Å². The van der Waals surface area contributed by atoms with Crippen LogP contribution in [0.15, 0.2) is 18.2 Å². The van der Waals surface area contributed by atoms with Gasteiger partial charge in [0.05, 0.1) is 11.4 Å². The highest BCUT2D eigenvalue weighted by atomic mass is 19.1. The fourth-order valence-electron chi connectivity index (χ4n) is 1.65. The molecule has 3 heteroatoms. The summed E-state index contributed by atoms with van der Waals surface area (Å²) in [6.07, 6.45) is 3.94. The highest BCUT2D eigenvalue weighted by molar-refractivity contribution is 5.65. The minimum Gasteiger partial charge on any atom is -0.397 e. The molecular formula is C11H15FN2. The number of nitrogens with one attached hydrogen (secondary N) is 1. The van der Waals surface area contributed by atoms with Crippen LogP contribution >= 0.6 is 0 Å². The lowest BCUT2D eigenvalue weighted by molar-refractivity contribution is 0.333. The first kappa shape index (κ1) is 9.31. The molecule has 0 unspecified atom stereocenters. The third kappa shape index (κ3) is 1.97. The van der Waals surface area contributed by atoms with Crippen LogP contribution < -0.4 is 11.1 Å². The van der Waals surface area contributed by atoms with Crippen LogP contribution in [0, 0.1) is 11.7 Å². The highest BCUT2D eigenvalue weighted by Gasteiger charge is 2.16. The maximum Gasteiger partial charge on any atom is 0.125 e. The van der Waals surface area contributed by atoms with Gasteiger partial charge in [-0.15, -0.1) is 0 Å². The van der Waals surface area contributed by atoms with Crippen molar-refractivity contribution in [1.82, 2.24) is 0 Å². The highest BCUT2D eigenvalue weighted by Crippen LogP contribution is 2.27. The second-order valence-corrected chi connectivity index (χ2v) is 3.91. The Balaban J connectivity index is 1.94. The van der Waals surface area contributed by atoms with Crippen molar-refractivity contribution >= 4 is 11.4 Å². The van der Waals surface area contributed by atoms with Gasteiger partial charge in [-0.05, 0) is 37.0 Å². The van der Waals surface area contributed by atoms with Crippen LogP contribution in [-0.2, 0) is 0 Å². The van der Waals surface area contributed by atoms with Crippen LogP contribution in [0.1, 0.15) is 19.3 Å². The molecule has 2 nitrogen and oxygen atoms in total. The van der Waals surface area contributed by atoms with Crippen molar-refractivity contribution in [2.24, 2.45) is 5.92 Å². The maximum atomic E-state index is 12.7. The summed E-state index contributed by atoms with van der Waals surface area (Å²) in [5.74, 6) is 0.496. The van der Waals surface area contributed by atoms with Gasteiger partial charge in [-0.2, -0.15) is 0 Å². The summed E-state index contributed by atoms with van der Waals surface area (Å²) in [7, 11) is 0. The second kappa shape index (κ2) is 3.86. The molecule has 3 N–H and O–H groups in total. The first-order valence-corrected chi connectivity index (χ1v) is 5.04. The van der Waals surface area contributed by atoms with E-state index in [1.54, 1.807) is 6.07 Å². The van der Waals surface area contributed by atoms with E-state index in [1.165, 1.54) is 31.4 Å². The summed E-state index contributed by atoms with van der Waals surface area (Å²) < 4.78 is 12.7. The standard InChI is InChI=1S/C11H15FN2/c12-9-4-5-11(10(13)6-9)14-7-8-2-1-3-8/h4-6,8,14H,1-3,7,13H2. The van der Waals surface area contributed by atoms with Gasteiger partial charge in [-0.25, -0.2) is 4.39 Å². The van der Waals surface area contributed by atoms with Crippen molar-refractivity contribution in [3.05, 3.63) is 24.0 Å². The van der Waals surface area contributed by atoms with Crippen LogP contribution in [0.5, 0.6) is 0 Å². The van der Waals surface area contributed by atoms with Crippen LogP contribution in [0.2, 0.25) is 0 Å². The molecule has 0 atom stereocenters. The molecule has 0 spiro atoms. The molecule has 1 aromatic carbocycles. The van der Waals surface area contributed by atoms with Crippen LogP contribution in [0.3, 0.4) is 0 Å². The minimum absolute atomic E-state index is 0.281. The average molecular weight is 194 g/mol. The molecule has 0 aliphatic heterocycles. The third-order valence-corrected chi connectivity index (χ3v) is 2.82. The van der Waals surface area contributed by atoms with E-state index in [2.05, 4.69) is 5.32 Å². The second-order valence-electron chi connectivity index (χ2n) is 3.91. The minimum atomic E-state index is -0.281. The van der Waals surface area contributed by atoms with Crippen molar-refractivity contribution in [1.29, 1.82) is 0 Å². The van der Waals surface area contributed by atoms with Crippen molar-refractivity contribution in [3.63, 3.8) is 0 Å². The number of nitrogen functional groups attached to an aromatic ring is 1. The molecule has 0 bridgehead atoms. The van der Waals surface area contributed by atoms with Crippen molar-refractivity contribution in [3.8, 4) is 0 Å². The molecule has 1 aliphatic carbocycles. The van der Waals surface area contributed by atoms with E-state index in [0.29, 0.717) is 5.69 Å². The zero-order valence-corrected chi connectivity index (χ0v) is 8.09. The third-order valence-electron chi connectivity index (χ3n) is 2.82. The van der Waals surface area contributed by atoms with Gasteiger partial charge in [0, 0.05) is 6.54 Å². The fourth-order valence-corrected chi connectivity index (χ4v) is 1.65. The number of anilines is 2. The molecule has 1 saturated carbocycles. The normalized spacial score (nSPS) is 16.4. The fraction of sp³-hybridized carbons (Fsp3) is 0.455. The van der Waals surface area contributed by atoms with Gasteiger partial charge in [0.1, 0.15) is 5.82 Å². The monoisotopic (exact) mass is 194 g/mol. The van der Waals surface area contributed by atoms with E-state index in [-0.39, 0.29) is 5.82 Å². The van der Waals surface area contributed by atoms with E-state index in [4.69, 9.17) is 5.73 Å². The average Bonchev–Trinajstić information content (AvgIpc) is 2.05. The lowest BCUT2D eigenvalue weighted by Crippen LogP contribution is -2.21. The Labute approximate surface area is 83.3 Å². The number of rotatable bonds is 3. The first-order chi connectivity index (χ1) is 6.75. The number of nitrogens with two attached hydrogens (primary N) is 1. The van der Waals surface area contributed by atoms with Crippen LogP contribution in [-0.4, -0.2) is 6.54 Å². The molecule has 0 amide bonds. The molecule has 1 fully saturated rings. The molecule has 1 aromatic rings. The largest absolute Gasteiger partial charge is 0.397 e. The Morgan fingerprint density at radius 2 is 2.21 bits per heavy atom. The molecule has 0 aromatic heterocycles. The Morgan fingerprint density at radius 1 is 1.43 bits per heavy atom. The number of halogens is 1. The Kier molecular flexibility index (Phi) is 2.57. The van der Waals surface area contributed by atoms with Gasteiger partial charge in [0.25, 0.3) is 0 Å². The quantitative estimate of drug-likeness (QED) is 0.726. The molecule has 2 rings (SSSR count). The topological polar surface area (TPSA) is 38.0 Å². The number of hydrogen-bond acceptors (Lipinski definition) is 2. The lowest BCUT2D eigenvalue weighted by Gasteiger charge is -2.26. The summed E-state index contributed by atoms with van der Waals surface area (Å²) in [4.78, 5) is 0. The summed E-state index contributed by atoms with van der Waals surface area (Å²) in [6.45, 7) is 0.954. The zero-order chi connectivity index (χ0) is 9.97. The smallest absolute Gasteiger partial charge is 0.125 e. The molecule has 76 valence electrons. The summed E-state index contributed by atoms with van der Waals surface area (Å²) in [5, 5.41) is 3.25. The summed E-state index contributed by atoms with van der Waals surface area (Å²) in [5.41, 5.74) is 7.00. The first-order valence-electron chi connectivity index (χ1n) is 5.04. The van der Waals surface area contributed by atoms with Crippen LogP contribution in [0.25, 0.3) is 0 Å². The molecule has 14 heavy (non-hydrogen) atoms. The Morgan fingerprint density at radius 3 is 2.79 bits per heavy atom. The Bertz CT molecular complexity index is 321. The lowest BCUT2D eigenvalue weighted by atomic mass is 9.85. The van der Waals surface area contributed by atoms with E-state index < -0.39 is 0 Å². The van der Waals surface area contributed by atoms with Gasteiger partial charge in [0.2, 0.25) is 0 Å². The van der Waals surface area contributed by atoms with E-state index in [1.807, 2.05) is 0 Å². The van der Waals surface area contributed by atoms with E-state index in [9.17, 15) is 4.39 Å². The van der Waals surface area contributed by atoms with Crippen molar-refractivity contribution in [2.45, 2.75) is 19.3 Å². The number of hydrogen-bond donors (Lipinski definition) is 2. The zero-order valence-electron chi connectivity index (χ0n) is 8.09. The molecular weight excluding hydrogens is 179 g/mol. The molecule has 0 saturated heterocycles. The maximum absolute atomic E-state index is 12.7. The predicted octanol–water partition coefficient (Wildman–Crippen LogP) is 2.62.